The van der Waals surface area contributed by atoms with Crippen LogP contribution in [-0.4, -0.2) is 49.6 Å². The SMILES string of the molecule is CCOC(=O)C1CSC2CCC(n3nnc4ccccc43)N21. The van der Waals surface area contributed by atoms with Crippen LogP contribution in [0.25, 0.3) is 11.0 Å². The van der Waals surface area contributed by atoms with E-state index in [1.807, 2.05) is 47.6 Å². The van der Waals surface area contributed by atoms with E-state index >= 15 is 0 Å². The molecule has 6 nitrogen and oxygen atoms in total. The molecule has 116 valence electrons. The Balaban J connectivity index is 1.68. The average Bonchev–Trinajstić information content (AvgIpc) is 3.21. The van der Waals surface area contributed by atoms with Crippen molar-refractivity contribution in [2.75, 3.05) is 12.4 Å². The van der Waals surface area contributed by atoms with Crippen molar-refractivity contribution in [2.45, 2.75) is 37.3 Å². The first kappa shape index (κ1) is 14.0. The number of carbonyl (C=O) groups excluding carboxylic acids is 1. The van der Waals surface area contributed by atoms with Crippen molar-refractivity contribution in [2.24, 2.45) is 0 Å². The number of hydrogen-bond acceptors (Lipinski definition) is 6. The van der Waals surface area contributed by atoms with Gasteiger partial charge in [-0.1, -0.05) is 17.3 Å². The lowest BCUT2D eigenvalue weighted by Crippen LogP contribution is -2.43. The van der Waals surface area contributed by atoms with E-state index < -0.39 is 0 Å². The fourth-order valence-corrected chi connectivity index (χ4v) is 4.91. The van der Waals surface area contributed by atoms with Gasteiger partial charge in [-0.15, -0.1) is 16.9 Å². The zero-order valence-corrected chi connectivity index (χ0v) is 13.2. The zero-order chi connectivity index (χ0) is 15.1. The lowest BCUT2D eigenvalue weighted by Gasteiger charge is -2.28. The Kier molecular flexibility index (Phi) is 3.54. The molecule has 0 amide bonds. The van der Waals surface area contributed by atoms with Crippen molar-refractivity contribution in [1.82, 2.24) is 19.9 Å². The summed E-state index contributed by atoms with van der Waals surface area (Å²) in [5, 5.41) is 8.97. The van der Waals surface area contributed by atoms with Crippen molar-refractivity contribution in [3.63, 3.8) is 0 Å². The fourth-order valence-electron chi connectivity index (χ4n) is 3.43. The molecule has 0 radical (unpaired) electrons. The molecule has 3 heterocycles. The molecule has 0 saturated carbocycles. The fraction of sp³-hybridized carbons (Fsp3) is 0.533. The van der Waals surface area contributed by atoms with Crippen LogP contribution >= 0.6 is 11.8 Å². The van der Waals surface area contributed by atoms with E-state index in [0.29, 0.717) is 12.0 Å². The summed E-state index contributed by atoms with van der Waals surface area (Å²) in [7, 11) is 0. The molecule has 2 aliphatic rings. The van der Waals surface area contributed by atoms with Gasteiger partial charge in [0.15, 0.2) is 0 Å². The first-order chi connectivity index (χ1) is 10.8. The smallest absolute Gasteiger partial charge is 0.324 e. The predicted octanol–water partition coefficient (Wildman–Crippen LogP) is 2.03. The molecular formula is C15H18N4O2S. The molecule has 1 aromatic carbocycles. The van der Waals surface area contributed by atoms with Gasteiger partial charge in [0.25, 0.3) is 0 Å². The predicted molar refractivity (Wildman–Crippen MR) is 84.3 cm³/mol. The minimum atomic E-state index is -0.176. The number of benzene rings is 1. The third-order valence-corrected chi connectivity index (χ3v) is 5.75. The summed E-state index contributed by atoms with van der Waals surface area (Å²) in [5.41, 5.74) is 1.91. The molecule has 7 heteroatoms. The topological polar surface area (TPSA) is 60.3 Å². The molecule has 0 bridgehead atoms. The Morgan fingerprint density at radius 1 is 1.41 bits per heavy atom. The van der Waals surface area contributed by atoms with Crippen LogP contribution in [0.3, 0.4) is 0 Å². The van der Waals surface area contributed by atoms with Gasteiger partial charge in [-0.2, -0.15) is 0 Å². The van der Waals surface area contributed by atoms with Crippen LogP contribution in [0, 0.1) is 0 Å². The van der Waals surface area contributed by atoms with E-state index in [4.69, 9.17) is 4.74 Å². The van der Waals surface area contributed by atoms with Gasteiger partial charge in [-0.3, -0.25) is 9.69 Å². The molecule has 3 unspecified atom stereocenters. The second kappa shape index (κ2) is 5.55. The Hall–Kier alpha value is -1.60. The summed E-state index contributed by atoms with van der Waals surface area (Å²) >= 11 is 1.85. The number of hydrogen-bond donors (Lipinski definition) is 0. The van der Waals surface area contributed by atoms with Crippen molar-refractivity contribution in [1.29, 1.82) is 0 Å². The minimum Gasteiger partial charge on any atom is -0.465 e. The largest absolute Gasteiger partial charge is 0.465 e. The molecule has 0 N–H and O–H groups in total. The average molecular weight is 318 g/mol. The maximum atomic E-state index is 12.2. The van der Waals surface area contributed by atoms with Crippen LogP contribution in [0.2, 0.25) is 0 Å². The van der Waals surface area contributed by atoms with E-state index in [2.05, 4.69) is 15.2 Å². The number of nitrogens with zero attached hydrogens (tertiary/aromatic N) is 4. The lowest BCUT2D eigenvalue weighted by atomic mass is 10.2. The molecule has 3 atom stereocenters. The van der Waals surface area contributed by atoms with Crippen LogP contribution in [0.5, 0.6) is 0 Å². The van der Waals surface area contributed by atoms with E-state index in [9.17, 15) is 4.79 Å². The number of ether oxygens (including phenoxy) is 1. The van der Waals surface area contributed by atoms with Gasteiger partial charge < -0.3 is 4.74 Å². The minimum absolute atomic E-state index is 0.0850. The normalized spacial score (nSPS) is 28.1. The summed E-state index contributed by atoms with van der Waals surface area (Å²) in [6.07, 6.45) is 2.14. The molecule has 0 aliphatic carbocycles. The highest BCUT2D eigenvalue weighted by Crippen LogP contribution is 2.45. The Morgan fingerprint density at radius 2 is 2.27 bits per heavy atom. The molecule has 0 spiro atoms. The lowest BCUT2D eigenvalue weighted by molar-refractivity contribution is -0.149. The standard InChI is InChI=1S/C15H18N4O2S/c1-2-21-15(20)12-9-22-14-8-7-13(18(12)14)19-11-6-4-3-5-10(11)16-17-19/h3-6,12-14H,2,7-9H2,1H3. The highest BCUT2D eigenvalue weighted by atomic mass is 32.2. The van der Waals surface area contributed by atoms with Gasteiger partial charge in [0.2, 0.25) is 0 Å². The van der Waals surface area contributed by atoms with Gasteiger partial charge in [-0.05, 0) is 31.9 Å². The molecular weight excluding hydrogens is 300 g/mol. The summed E-state index contributed by atoms with van der Waals surface area (Å²) in [6.45, 7) is 2.28. The Morgan fingerprint density at radius 3 is 3.14 bits per heavy atom. The highest BCUT2D eigenvalue weighted by molar-refractivity contribution is 8.00. The monoisotopic (exact) mass is 318 g/mol. The first-order valence-corrected chi connectivity index (χ1v) is 8.70. The molecule has 22 heavy (non-hydrogen) atoms. The van der Waals surface area contributed by atoms with Gasteiger partial charge in [-0.25, -0.2) is 4.68 Å². The highest BCUT2D eigenvalue weighted by Gasteiger charge is 2.48. The number of para-hydroxylation sites is 1. The van der Waals surface area contributed by atoms with E-state index in [0.717, 1.165) is 29.6 Å². The Bertz CT molecular complexity index is 704. The first-order valence-electron chi connectivity index (χ1n) is 7.65. The van der Waals surface area contributed by atoms with Crippen LogP contribution in [0.1, 0.15) is 25.9 Å². The number of carbonyl (C=O) groups is 1. The number of esters is 1. The Labute approximate surface area is 132 Å². The molecule has 2 saturated heterocycles. The summed E-state index contributed by atoms with van der Waals surface area (Å²) < 4.78 is 7.21. The van der Waals surface area contributed by atoms with Gasteiger partial charge in [0, 0.05) is 5.75 Å². The van der Waals surface area contributed by atoms with E-state index in [1.165, 1.54) is 0 Å². The number of aromatic nitrogens is 3. The molecule has 4 rings (SSSR count). The van der Waals surface area contributed by atoms with Crippen LogP contribution in [0.4, 0.5) is 0 Å². The van der Waals surface area contributed by atoms with Crippen LogP contribution in [0.15, 0.2) is 24.3 Å². The number of rotatable bonds is 3. The quantitative estimate of drug-likeness (QED) is 0.807. The summed E-state index contributed by atoms with van der Waals surface area (Å²) in [4.78, 5) is 14.5. The second-order valence-corrected chi connectivity index (χ2v) is 6.79. The third kappa shape index (κ3) is 2.11. The zero-order valence-electron chi connectivity index (χ0n) is 12.4. The van der Waals surface area contributed by atoms with Crippen molar-refractivity contribution in [3.05, 3.63) is 24.3 Å². The molecule has 2 aromatic rings. The molecule has 1 aromatic heterocycles. The van der Waals surface area contributed by atoms with E-state index in [1.54, 1.807) is 0 Å². The van der Waals surface area contributed by atoms with Crippen molar-refractivity contribution >= 4 is 28.8 Å². The van der Waals surface area contributed by atoms with Crippen LogP contribution in [-0.2, 0) is 9.53 Å². The van der Waals surface area contributed by atoms with E-state index in [-0.39, 0.29) is 18.2 Å². The van der Waals surface area contributed by atoms with Crippen LogP contribution < -0.4 is 0 Å². The maximum Gasteiger partial charge on any atom is 0.324 e. The van der Waals surface area contributed by atoms with Gasteiger partial charge >= 0.3 is 5.97 Å². The molecule has 2 fully saturated rings. The number of fused-ring (bicyclic) bond motifs is 2. The summed E-state index contributed by atoms with van der Waals surface area (Å²) in [6, 6.07) is 7.78. The van der Waals surface area contributed by atoms with Gasteiger partial charge in [0.05, 0.1) is 17.5 Å². The third-order valence-electron chi connectivity index (χ3n) is 4.37. The number of thioether (sulfide) groups is 1. The maximum absolute atomic E-state index is 12.2. The molecule has 2 aliphatic heterocycles. The van der Waals surface area contributed by atoms with Crippen molar-refractivity contribution in [3.8, 4) is 0 Å². The summed E-state index contributed by atoms with van der Waals surface area (Å²) in [5.74, 6) is 0.681. The van der Waals surface area contributed by atoms with Gasteiger partial charge in [0.1, 0.15) is 17.7 Å². The second-order valence-electron chi connectivity index (χ2n) is 5.58. The van der Waals surface area contributed by atoms with Crippen molar-refractivity contribution < 1.29 is 9.53 Å².